The largest absolute Gasteiger partial charge is 0.487 e. The average Bonchev–Trinajstić information content (AvgIpc) is 2.46. The number of ether oxygens (including phenoxy) is 2. The van der Waals surface area contributed by atoms with Crippen molar-refractivity contribution in [3.63, 3.8) is 0 Å². The van der Waals surface area contributed by atoms with Crippen molar-refractivity contribution in [3.8, 4) is 5.75 Å². The van der Waals surface area contributed by atoms with Gasteiger partial charge in [0.15, 0.2) is 0 Å². The third-order valence-electron chi connectivity index (χ3n) is 2.89. The Labute approximate surface area is 123 Å². The van der Waals surface area contributed by atoms with Crippen molar-refractivity contribution in [2.75, 3.05) is 7.11 Å². The second-order valence-electron chi connectivity index (χ2n) is 4.37. The molecule has 0 unspecified atom stereocenters. The summed E-state index contributed by atoms with van der Waals surface area (Å²) in [4.78, 5) is 11.7. The van der Waals surface area contributed by atoms with E-state index in [0.29, 0.717) is 16.3 Å². The molecule has 2 aromatic rings. The van der Waals surface area contributed by atoms with Crippen LogP contribution < -0.4 is 4.74 Å². The summed E-state index contributed by atoms with van der Waals surface area (Å²) in [6.07, 6.45) is 0. The van der Waals surface area contributed by atoms with Crippen LogP contribution in [0.25, 0.3) is 0 Å². The molecule has 4 heteroatoms. The van der Waals surface area contributed by atoms with E-state index in [9.17, 15) is 4.79 Å². The lowest BCUT2D eigenvalue weighted by atomic mass is 10.1. The third kappa shape index (κ3) is 3.31. The molecule has 0 atom stereocenters. The molecule has 2 aromatic carbocycles. The van der Waals surface area contributed by atoms with Gasteiger partial charge in [-0.2, -0.15) is 0 Å². The molecule has 20 heavy (non-hydrogen) atoms. The van der Waals surface area contributed by atoms with Gasteiger partial charge in [-0.3, -0.25) is 0 Å². The maximum Gasteiger partial charge on any atom is 0.338 e. The number of halogens is 1. The molecule has 104 valence electrons. The molecule has 0 amide bonds. The summed E-state index contributed by atoms with van der Waals surface area (Å²) in [5.41, 5.74) is 2.33. The lowest BCUT2D eigenvalue weighted by Crippen LogP contribution is -2.07. The highest BCUT2D eigenvalue weighted by Gasteiger charge is 2.11. The van der Waals surface area contributed by atoms with E-state index in [1.807, 2.05) is 37.3 Å². The Morgan fingerprint density at radius 1 is 1.20 bits per heavy atom. The smallest absolute Gasteiger partial charge is 0.338 e. The van der Waals surface area contributed by atoms with Crippen molar-refractivity contribution in [1.29, 1.82) is 0 Å². The zero-order valence-corrected chi connectivity index (χ0v) is 12.1. The maximum absolute atomic E-state index is 11.7. The molecule has 0 heterocycles. The molecule has 0 radical (unpaired) electrons. The van der Waals surface area contributed by atoms with Crippen molar-refractivity contribution in [2.45, 2.75) is 13.5 Å². The molecule has 3 nitrogen and oxygen atoms in total. The van der Waals surface area contributed by atoms with Crippen LogP contribution in [-0.2, 0) is 11.3 Å². The van der Waals surface area contributed by atoms with Gasteiger partial charge in [0, 0.05) is 5.56 Å². The first-order chi connectivity index (χ1) is 9.61. The number of benzene rings is 2. The van der Waals surface area contributed by atoms with Gasteiger partial charge in [-0.05, 0) is 30.7 Å². The monoisotopic (exact) mass is 290 g/mol. The number of hydrogen-bond acceptors (Lipinski definition) is 3. The van der Waals surface area contributed by atoms with Gasteiger partial charge >= 0.3 is 5.97 Å². The summed E-state index contributed by atoms with van der Waals surface area (Å²) in [7, 11) is 1.36. The van der Waals surface area contributed by atoms with Gasteiger partial charge in [0.2, 0.25) is 0 Å². The second kappa shape index (κ2) is 6.44. The lowest BCUT2D eigenvalue weighted by molar-refractivity contribution is 0.0598. The highest BCUT2D eigenvalue weighted by atomic mass is 35.5. The summed E-state index contributed by atoms with van der Waals surface area (Å²) < 4.78 is 10.4. The highest BCUT2D eigenvalue weighted by molar-refractivity contribution is 6.32. The quantitative estimate of drug-likeness (QED) is 0.798. The molecule has 0 saturated heterocycles. The molecule has 0 bridgehead atoms. The first-order valence-corrected chi connectivity index (χ1v) is 6.55. The number of hydrogen-bond donors (Lipinski definition) is 0. The van der Waals surface area contributed by atoms with Gasteiger partial charge in [0.1, 0.15) is 12.4 Å². The van der Waals surface area contributed by atoms with Gasteiger partial charge in [-0.25, -0.2) is 4.79 Å². The summed E-state index contributed by atoms with van der Waals surface area (Å²) in [6, 6.07) is 12.8. The number of aryl methyl sites for hydroxylation is 1. The Morgan fingerprint density at radius 2 is 1.95 bits per heavy atom. The summed E-state index contributed by atoms with van der Waals surface area (Å²) in [5, 5.41) is 0.556. The van der Waals surface area contributed by atoms with Gasteiger partial charge < -0.3 is 9.47 Å². The number of esters is 1. The van der Waals surface area contributed by atoms with Crippen molar-refractivity contribution in [2.24, 2.45) is 0 Å². The molecule has 0 aromatic heterocycles. The van der Waals surface area contributed by atoms with Crippen molar-refractivity contribution in [1.82, 2.24) is 0 Å². The number of methoxy groups -OCH3 is 1. The Balaban J connectivity index is 2.17. The molecular formula is C16H15ClO3. The fourth-order valence-corrected chi connectivity index (χ4v) is 2.12. The SMILES string of the molecule is COC(=O)c1ccccc1COc1ccc(C)cc1Cl. The number of carbonyl (C=O) groups is 1. The van der Waals surface area contributed by atoms with E-state index in [-0.39, 0.29) is 12.6 Å². The van der Waals surface area contributed by atoms with Crippen LogP contribution in [0.3, 0.4) is 0 Å². The van der Waals surface area contributed by atoms with E-state index >= 15 is 0 Å². The second-order valence-corrected chi connectivity index (χ2v) is 4.78. The Bertz CT molecular complexity index is 623. The molecular weight excluding hydrogens is 276 g/mol. The fraction of sp³-hybridized carbons (Fsp3) is 0.188. The predicted octanol–water partition coefficient (Wildman–Crippen LogP) is 4.01. The summed E-state index contributed by atoms with van der Waals surface area (Å²) in [6.45, 7) is 2.22. The van der Waals surface area contributed by atoms with Crippen LogP contribution in [0.5, 0.6) is 5.75 Å². The maximum atomic E-state index is 11.7. The van der Waals surface area contributed by atoms with Crippen molar-refractivity contribution >= 4 is 17.6 Å². The van der Waals surface area contributed by atoms with Crippen LogP contribution in [0.1, 0.15) is 21.5 Å². The van der Waals surface area contributed by atoms with Crippen LogP contribution in [0, 0.1) is 6.92 Å². The molecule has 0 aliphatic heterocycles. The standard InChI is InChI=1S/C16H15ClO3/c1-11-7-8-15(14(17)9-11)20-10-12-5-3-4-6-13(12)16(18)19-2/h3-9H,10H2,1-2H3. The van der Waals surface area contributed by atoms with Gasteiger partial charge in [0.25, 0.3) is 0 Å². The molecule has 0 fully saturated rings. The summed E-state index contributed by atoms with van der Waals surface area (Å²) in [5.74, 6) is 0.219. The van der Waals surface area contributed by atoms with Gasteiger partial charge in [-0.1, -0.05) is 35.9 Å². The Hall–Kier alpha value is -2.00. The molecule has 0 N–H and O–H groups in total. The lowest BCUT2D eigenvalue weighted by Gasteiger charge is -2.11. The highest BCUT2D eigenvalue weighted by Crippen LogP contribution is 2.26. The van der Waals surface area contributed by atoms with Crippen LogP contribution in [0.4, 0.5) is 0 Å². The van der Waals surface area contributed by atoms with Crippen molar-refractivity contribution in [3.05, 3.63) is 64.2 Å². The molecule has 0 saturated carbocycles. The molecule has 2 rings (SSSR count). The van der Waals surface area contributed by atoms with Crippen LogP contribution in [-0.4, -0.2) is 13.1 Å². The zero-order chi connectivity index (χ0) is 14.5. The Morgan fingerprint density at radius 3 is 2.65 bits per heavy atom. The Kier molecular flexibility index (Phi) is 4.64. The van der Waals surface area contributed by atoms with E-state index in [1.165, 1.54) is 7.11 Å². The van der Waals surface area contributed by atoms with Crippen LogP contribution in [0.15, 0.2) is 42.5 Å². The fourth-order valence-electron chi connectivity index (χ4n) is 1.83. The number of rotatable bonds is 4. The van der Waals surface area contributed by atoms with Crippen LogP contribution >= 0.6 is 11.6 Å². The van der Waals surface area contributed by atoms with E-state index in [0.717, 1.165) is 11.1 Å². The minimum absolute atomic E-state index is 0.258. The molecule has 0 aliphatic rings. The topological polar surface area (TPSA) is 35.5 Å². The van der Waals surface area contributed by atoms with Gasteiger partial charge in [-0.15, -0.1) is 0 Å². The summed E-state index contributed by atoms with van der Waals surface area (Å²) >= 11 is 6.11. The third-order valence-corrected chi connectivity index (χ3v) is 3.19. The average molecular weight is 291 g/mol. The molecule has 0 spiro atoms. The predicted molar refractivity (Wildman–Crippen MR) is 78.3 cm³/mol. The van der Waals surface area contributed by atoms with E-state index in [1.54, 1.807) is 12.1 Å². The van der Waals surface area contributed by atoms with E-state index < -0.39 is 0 Å². The van der Waals surface area contributed by atoms with Crippen molar-refractivity contribution < 1.29 is 14.3 Å². The van der Waals surface area contributed by atoms with E-state index in [4.69, 9.17) is 21.1 Å². The van der Waals surface area contributed by atoms with E-state index in [2.05, 4.69) is 0 Å². The minimum Gasteiger partial charge on any atom is -0.487 e. The number of carbonyl (C=O) groups excluding carboxylic acids is 1. The van der Waals surface area contributed by atoms with Crippen LogP contribution in [0.2, 0.25) is 5.02 Å². The zero-order valence-electron chi connectivity index (χ0n) is 11.4. The van der Waals surface area contributed by atoms with Gasteiger partial charge in [0.05, 0.1) is 17.7 Å². The first-order valence-electron chi connectivity index (χ1n) is 6.17. The normalized spacial score (nSPS) is 10.2. The minimum atomic E-state index is -0.376. The first kappa shape index (κ1) is 14.4. The molecule has 0 aliphatic carbocycles.